The van der Waals surface area contributed by atoms with Crippen molar-refractivity contribution in [3.63, 3.8) is 0 Å². The number of carbonyl (C=O) groups is 1. The van der Waals surface area contributed by atoms with Crippen molar-refractivity contribution in [2.24, 2.45) is 5.73 Å². The summed E-state index contributed by atoms with van der Waals surface area (Å²) in [4.78, 5) is 11.7. The highest BCUT2D eigenvalue weighted by Gasteiger charge is 2.34. The lowest BCUT2D eigenvalue weighted by molar-refractivity contribution is -0.120. The van der Waals surface area contributed by atoms with Crippen LogP contribution >= 0.6 is 0 Å². The molecule has 1 rings (SSSR count). The maximum Gasteiger partial charge on any atom is 0.238 e. The zero-order valence-corrected chi connectivity index (χ0v) is 10.4. The van der Waals surface area contributed by atoms with Gasteiger partial charge in [-0.2, -0.15) is 0 Å². The molecule has 0 aromatic carbocycles. The number of rotatable bonds is 4. The molecule has 5 nitrogen and oxygen atoms in total. The van der Waals surface area contributed by atoms with Crippen molar-refractivity contribution in [2.75, 3.05) is 12.3 Å². The standard InChI is InChI=1S/C10H20N2O3S/c1-8(11)5-6-12-10(13)9-4-2-3-7-16(9,14)15/h8-9H,2-7,11H2,1H3,(H,12,13). The Bertz CT molecular complexity index is 338. The molecular formula is C10H20N2O3S. The van der Waals surface area contributed by atoms with E-state index in [1.807, 2.05) is 6.92 Å². The molecule has 0 radical (unpaired) electrons. The number of sulfone groups is 1. The number of nitrogens with two attached hydrogens (primary N) is 1. The lowest BCUT2D eigenvalue weighted by atomic mass is 10.2. The van der Waals surface area contributed by atoms with Gasteiger partial charge in [0.15, 0.2) is 9.84 Å². The van der Waals surface area contributed by atoms with E-state index in [0.29, 0.717) is 25.8 Å². The Balaban J connectivity index is 2.46. The van der Waals surface area contributed by atoms with Crippen molar-refractivity contribution < 1.29 is 13.2 Å². The minimum absolute atomic E-state index is 0.0169. The van der Waals surface area contributed by atoms with Gasteiger partial charge in [-0.3, -0.25) is 4.79 Å². The second-order valence-electron chi connectivity index (χ2n) is 4.41. The van der Waals surface area contributed by atoms with Crippen LogP contribution in [0.5, 0.6) is 0 Å². The number of carbonyl (C=O) groups excluding carboxylic acids is 1. The number of amides is 1. The molecule has 1 aliphatic heterocycles. The molecule has 0 saturated carbocycles. The Morgan fingerprint density at radius 2 is 2.19 bits per heavy atom. The van der Waals surface area contributed by atoms with Gasteiger partial charge < -0.3 is 11.1 Å². The van der Waals surface area contributed by atoms with E-state index < -0.39 is 15.1 Å². The zero-order valence-electron chi connectivity index (χ0n) is 9.61. The van der Waals surface area contributed by atoms with Crippen molar-refractivity contribution in [1.29, 1.82) is 0 Å². The van der Waals surface area contributed by atoms with Gasteiger partial charge in [-0.25, -0.2) is 8.42 Å². The zero-order chi connectivity index (χ0) is 12.2. The molecule has 1 saturated heterocycles. The highest BCUT2D eigenvalue weighted by Crippen LogP contribution is 2.19. The summed E-state index contributed by atoms with van der Waals surface area (Å²) in [6.45, 7) is 2.30. The Labute approximate surface area is 96.7 Å². The average molecular weight is 248 g/mol. The molecule has 16 heavy (non-hydrogen) atoms. The first kappa shape index (κ1) is 13.4. The first-order valence-corrected chi connectivity index (χ1v) is 7.40. The fourth-order valence-electron chi connectivity index (χ4n) is 1.79. The van der Waals surface area contributed by atoms with Crippen molar-refractivity contribution in [2.45, 2.75) is 43.9 Å². The number of hydrogen-bond acceptors (Lipinski definition) is 4. The molecular weight excluding hydrogens is 228 g/mol. The highest BCUT2D eigenvalue weighted by molar-refractivity contribution is 7.92. The topological polar surface area (TPSA) is 89.3 Å². The fraction of sp³-hybridized carbons (Fsp3) is 0.900. The van der Waals surface area contributed by atoms with E-state index in [1.54, 1.807) is 0 Å². The van der Waals surface area contributed by atoms with Gasteiger partial charge in [0.25, 0.3) is 0 Å². The molecule has 0 aliphatic carbocycles. The molecule has 0 aromatic rings. The van der Waals surface area contributed by atoms with Gasteiger partial charge >= 0.3 is 0 Å². The molecule has 0 spiro atoms. The third-order valence-corrected chi connectivity index (χ3v) is 4.94. The van der Waals surface area contributed by atoms with Gasteiger partial charge in [-0.1, -0.05) is 6.42 Å². The van der Waals surface area contributed by atoms with Crippen molar-refractivity contribution in [3.05, 3.63) is 0 Å². The molecule has 3 N–H and O–H groups in total. The molecule has 1 aliphatic rings. The highest BCUT2D eigenvalue weighted by atomic mass is 32.2. The fourth-order valence-corrected chi connectivity index (χ4v) is 3.61. The Morgan fingerprint density at radius 3 is 2.75 bits per heavy atom. The molecule has 2 atom stereocenters. The monoisotopic (exact) mass is 248 g/mol. The predicted octanol–water partition coefficient (Wildman–Crippen LogP) is -0.193. The Morgan fingerprint density at radius 1 is 1.50 bits per heavy atom. The molecule has 1 amide bonds. The van der Waals surface area contributed by atoms with Crippen molar-refractivity contribution in [1.82, 2.24) is 5.32 Å². The minimum Gasteiger partial charge on any atom is -0.355 e. The van der Waals surface area contributed by atoms with Crippen molar-refractivity contribution in [3.8, 4) is 0 Å². The summed E-state index contributed by atoms with van der Waals surface area (Å²) in [5.74, 6) is -0.224. The summed E-state index contributed by atoms with van der Waals surface area (Å²) in [7, 11) is -3.22. The van der Waals surface area contributed by atoms with Gasteiger partial charge in [-0.15, -0.1) is 0 Å². The SMILES string of the molecule is CC(N)CCNC(=O)C1CCCCS1(=O)=O. The molecule has 1 heterocycles. The van der Waals surface area contributed by atoms with Crippen LogP contribution in [0.4, 0.5) is 0 Å². The van der Waals surface area contributed by atoms with Crippen LogP contribution in [0.1, 0.15) is 32.6 Å². The lowest BCUT2D eigenvalue weighted by Gasteiger charge is -2.21. The Kier molecular flexibility index (Phi) is 4.73. The van der Waals surface area contributed by atoms with Crippen LogP contribution in [0, 0.1) is 0 Å². The van der Waals surface area contributed by atoms with Gasteiger partial charge in [0.2, 0.25) is 5.91 Å². The normalized spacial score (nSPS) is 26.0. The third kappa shape index (κ3) is 3.75. The Hall–Kier alpha value is -0.620. The van der Waals surface area contributed by atoms with Gasteiger partial charge in [0.1, 0.15) is 5.25 Å². The molecule has 2 unspecified atom stereocenters. The third-order valence-electron chi connectivity index (χ3n) is 2.77. The van der Waals surface area contributed by atoms with Crippen LogP contribution in [-0.4, -0.2) is 37.9 Å². The van der Waals surface area contributed by atoms with Crippen LogP contribution in [0.15, 0.2) is 0 Å². The van der Waals surface area contributed by atoms with Gasteiger partial charge in [0, 0.05) is 12.6 Å². The van der Waals surface area contributed by atoms with Crippen LogP contribution < -0.4 is 11.1 Å². The second kappa shape index (κ2) is 5.63. The van der Waals surface area contributed by atoms with Crippen LogP contribution in [0.2, 0.25) is 0 Å². The van der Waals surface area contributed by atoms with E-state index >= 15 is 0 Å². The molecule has 0 aromatic heterocycles. The van der Waals surface area contributed by atoms with E-state index in [1.165, 1.54) is 0 Å². The summed E-state index contributed by atoms with van der Waals surface area (Å²) in [5, 5.41) is 1.80. The second-order valence-corrected chi connectivity index (χ2v) is 6.71. The van der Waals surface area contributed by atoms with Gasteiger partial charge in [0.05, 0.1) is 5.75 Å². The molecule has 6 heteroatoms. The maximum absolute atomic E-state index is 11.7. The van der Waals surface area contributed by atoms with E-state index in [-0.39, 0.29) is 17.7 Å². The van der Waals surface area contributed by atoms with Crippen LogP contribution in [0.25, 0.3) is 0 Å². The molecule has 0 bridgehead atoms. The number of nitrogens with one attached hydrogen (secondary N) is 1. The van der Waals surface area contributed by atoms with E-state index in [9.17, 15) is 13.2 Å². The summed E-state index contributed by atoms with van der Waals surface area (Å²) < 4.78 is 23.3. The summed E-state index contributed by atoms with van der Waals surface area (Å²) in [5.41, 5.74) is 5.54. The summed E-state index contributed by atoms with van der Waals surface area (Å²) >= 11 is 0. The van der Waals surface area contributed by atoms with Crippen LogP contribution in [0.3, 0.4) is 0 Å². The predicted molar refractivity (Wildman–Crippen MR) is 62.7 cm³/mol. The van der Waals surface area contributed by atoms with Gasteiger partial charge in [-0.05, 0) is 26.2 Å². The smallest absolute Gasteiger partial charge is 0.238 e. The van der Waals surface area contributed by atoms with E-state index in [0.717, 1.165) is 6.42 Å². The van der Waals surface area contributed by atoms with E-state index in [4.69, 9.17) is 5.73 Å². The minimum atomic E-state index is -3.22. The summed E-state index contributed by atoms with van der Waals surface area (Å²) in [6, 6.07) is 0.0169. The first-order chi connectivity index (χ1) is 7.43. The first-order valence-electron chi connectivity index (χ1n) is 5.68. The maximum atomic E-state index is 11.7. The molecule has 1 fully saturated rings. The molecule has 94 valence electrons. The van der Waals surface area contributed by atoms with E-state index in [2.05, 4.69) is 5.32 Å². The quantitative estimate of drug-likeness (QED) is 0.721. The average Bonchev–Trinajstić information content (AvgIpc) is 2.16. The van der Waals surface area contributed by atoms with Crippen LogP contribution in [-0.2, 0) is 14.6 Å². The largest absolute Gasteiger partial charge is 0.355 e. The number of hydrogen-bond donors (Lipinski definition) is 2. The van der Waals surface area contributed by atoms with Crippen molar-refractivity contribution >= 4 is 15.7 Å². The summed E-state index contributed by atoms with van der Waals surface area (Å²) in [6.07, 6.45) is 2.60. The lowest BCUT2D eigenvalue weighted by Crippen LogP contribution is -2.43.